The zero-order valence-corrected chi connectivity index (χ0v) is 10.8. The highest BCUT2D eigenvalue weighted by Crippen LogP contribution is 2.16. The molecule has 0 saturated heterocycles. The smallest absolute Gasteiger partial charge is 0.100 e. The molecule has 1 atom stereocenters. The summed E-state index contributed by atoms with van der Waals surface area (Å²) in [5.74, 6) is 0.886. The van der Waals surface area contributed by atoms with Crippen molar-refractivity contribution in [1.82, 2.24) is 0 Å². The van der Waals surface area contributed by atoms with E-state index in [-0.39, 0.29) is 13.2 Å². The Bertz CT molecular complexity index is 135. The molecule has 0 saturated carbocycles. The van der Waals surface area contributed by atoms with Crippen LogP contribution >= 0.6 is 0 Å². The molecule has 1 unspecified atom stereocenters. The summed E-state index contributed by atoms with van der Waals surface area (Å²) in [7, 11) is 0. The second kappa shape index (κ2) is 11.4. The van der Waals surface area contributed by atoms with Gasteiger partial charge in [0.1, 0.15) is 6.10 Å². The van der Waals surface area contributed by atoms with Crippen LogP contribution in [-0.4, -0.2) is 36.1 Å². The first kappa shape index (κ1) is 15.9. The average Bonchev–Trinajstić information content (AvgIpc) is 2.32. The summed E-state index contributed by atoms with van der Waals surface area (Å²) in [6.07, 6.45) is 6.71. The summed E-state index contributed by atoms with van der Waals surface area (Å²) >= 11 is 0. The van der Waals surface area contributed by atoms with Gasteiger partial charge in [0.2, 0.25) is 0 Å². The molecule has 0 aliphatic carbocycles. The Morgan fingerprint density at radius 2 is 1.75 bits per heavy atom. The largest absolute Gasteiger partial charge is 0.394 e. The summed E-state index contributed by atoms with van der Waals surface area (Å²) in [5, 5.41) is 17.6. The Morgan fingerprint density at radius 3 is 2.31 bits per heavy atom. The molecule has 0 aromatic carbocycles. The van der Waals surface area contributed by atoms with Gasteiger partial charge in [-0.15, -0.1) is 0 Å². The maximum Gasteiger partial charge on any atom is 0.100 e. The van der Waals surface area contributed by atoms with Crippen molar-refractivity contribution >= 4 is 0 Å². The highest BCUT2D eigenvalue weighted by Gasteiger charge is 2.03. The Labute approximate surface area is 99.8 Å². The van der Waals surface area contributed by atoms with Gasteiger partial charge in [0.25, 0.3) is 0 Å². The number of hydrogen-bond donors (Lipinski definition) is 2. The molecular weight excluding hydrogens is 204 g/mol. The lowest BCUT2D eigenvalue weighted by Gasteiger charge is -2.11. The van der Waals surface area contributed by atoms with E-state index in [2.05, 4.69) is 13.8 Å². The van der Waals surface area contributed by atoms with Crippen molar-refractivity contribution in [3.05, 3.63) is 0 Å². The van der Waals surface area contributed by atoms with Gasteiger partial charge in [-0.3, -0.25) is 0 Å². The number of aliphatic hydroxyl groups excluding tert-OH is 2. The van der Waals surface area contributed by atoms with E-state index in [1.54, 1.807) is 0 Å². The summed E-state index contributed by atoms with van der Waals surface area (Å²) in [5.41, 5.74) is 0. The average molecular weight is 232 g/mol. The minimum Gasteiger partial charge on any atom is -0.394 e. The fraction of sp³-hybridized carbons (Fsp3) is 1.00. The van der Waals surface area contributed by atoms with Gasteiger partial charge in [0, 0.05) is 6.61 Å². The highest BCUT2D eigenvalue weighted by molar-refractivity contribution is 4.55. The van der Waals surface area contributed by atoms with Crippen molar-refractivity contribution < 1.29 is 14.9 Å². The van der Waals surface area contributed by atoms with E-state index in [1.807, 2.05) is 0 Å². The maximum atomic E-state index is 9.02. The van der Waals surface area contributed by atoms with E-state index >= 15 is 0 Å². The molecule has 0 aromatic rings. The quantitative estimate of drug-likeness (QED) is 0.538. The van der Waals surface area contributed by atoms with Gasteiger partial charge in [-0.25, -0.2) is 0 Å². The lowest BCUT2D eigenvalue weighted by Crippen LogP contribution is -2.19. The van der Waals surface area contributed by atoms with Crippen LogP contribution in [0.2, 0.25) is 0 Å². The van der Waals surface area contributed by atoms with E-state index in [9.17, 15) is 0 Å². The molecule has 0 aromatic heterocycles. The second-order valence-electron chi connectivity index (χ2n) is 4.44. The Morgan fingerprint density at radius 1 is 1.06 bits per heavy atom. The highest BCUT2D eigenvalue weighted by atomic mass is 16.5. The van der Waals surface area contributed by atoms with Crippen LogP contribution < -0.4 is 0 Å². The molecular formula is C13H28O3. The Balaban J connectivity index is 3.15. The minimum absolute atomic E-state index is 0.214. The number of rotatable bonds is 11. The van der Waals surface area contributed by atoms with E-state index in [1.165, 1.54) is 32.1 Å². The molecule has 0 rings (SSSR count). The van der Waals surface area contributed by atoms with E-state index in [0.717, 1.165) is 12.3 Å². The number of aliphatic hydroxyl groups is 2. The first-order valence-corrected chi connectivity index (χ1v) is 6.61. The summed E-state index contributed by atoms with van der Waals surface area (Å²) in [6, 6.07) is 0. The Hall–Kier alpha value is -0.120. The van der Waals surface area contributed by atoms with Crippen molar-refractivity contribution in [3.63, 3.8) is 0 Å². The fourth-order valence-electron chi connectivity index (χ4n) is 1.78. The number of hydrogen-bond acceptors (Lipinski definition) is 3. The number of unbranched alkanes of at least 4 members (excludes halogenated alkanes) is 2. The molecule has 0 heterocycles. The van der Waals surface area contributed by atoms with Gasteiger partial charge < -0.3 is 14.9 Å². The van der Waals surface area contributed by atoms with Crippen molar-refractivity contribution in [1.29, 1.82) is 0 Å². The molecule has 3 nitrogen and oxygen atoms in total. The van der Waals surface area contributed by atoms with Gasteiger partial charge in [-0.1, -0.05) is 46.0 Å². The molecule has 0 aliphatic rings. The molecule has 0 aliphatic heterocycles. The van der Waals surface area contributed by atoms with Crippen LogP contribution in [0.25, 0.3) is 0 Å². The maximum absolute atomic E-state index is 9.02. The van der Waals surface area contributed by atoms with Gasteiger partial charge in [0.05, 0.1) is 13.2 Å². The first-order chi connectivity index (χ1) is 7.74. The molecule has 16 heavy (non-hydrogen) atoms. The van der Waals surface area contributed by atoms with Crippen LogP contribution in [0.1, 0.15) is 52.4 Å². The van der Waals surface area contributed by atoms with Crippen molar-refractivity contribution in [3.8, 4) is 0 Å². The zero-order valence-electron chi connectivity index (χ0n) is 10.8. The van der Waals surface area contributed by atoms with Crippen LogP contribution in [0, 0.1) is 5.92 Å². The second-order valence-corrected chi connectivity index (χ2v) is 4.44. The van der Waals surface area contributed by atoms with Gasteiger partial charge in [-0.05, 0) is 12.3 Å². The van der Waals surface area contributed by atoms with Crippen LogP contribution in [0.15, 0.2) is 0 Å². The molecule has 0 fully saturated rings. The molecule has 0 spiro atoms. The third-order valence-electron chi connectivity index (χ3n) is 3.08. The van der Waals surface area contributed by atoms with Crippen molar-refractivity contribution in [2.24, 2.45) is 5.92 Å². The van der Waals surface area contributed by atoms with Gasteiger partial charge in [0.15, 0.2) is 0 Å². The molecule has 98 valence electrons. The molecule has 0 bridgehead atoms. The predicted molar refractivity (Wildman–Crippen MR) is 66.5 cm³/mol. The summed E-state index contributed by atoms with van der Waals surface area (Å²) < 4.78 is 5.24. The third-order valence-corrected chi connectivity index (χ3v) is 3.08. The van der Waals surface area contributed by atoms with Crippen LogP contribution in [0.3, 0.4) is 0 Å². The molecule has 3 heteroatoms. The first-order valence-electron chi connectivity index (χ1n) is 6.61. The Kier molecular flexibility index (Phi) is 11.3. The van der Waals surface area contributed by atoms with Gasteiger partial charge >= 0.3 is 0 Å². The lowest BCUT2D eigenvalue weighted by molar-refractivity contribution is 0.00521. The topological polar surface area (TPSA) is 49.7 Å². The van der Waals surface area contributed by atoms with Crippen LogP contribution in [0.4, 0.5) is 0 Å². The van der Waals surface area contributed by atoms with Gasteiger partial charge in [-0.2, -0.15) is 0 Å². The zero-order chi connectivity index (χ0) is 12.2. The van der Waals surface area contributed by atoms with E-state index in [4.69, 9.17) is 14.9 Å². The summed E-state index contributed by atoms with van der Waals surface area (Å²) in [4.78, 5) is 0. The van der Waals surface area contributed by atoms with Crippen molar-refractivity contribution in [2.45, 2.75) is 58.5 Å². The predicted octanol–water partition coefficient (Wildman–Crippen LogP) is 2.35. The van der Waals surface area contributed by atoms with Crippen molar-refractivity contribution in [2.75, 3.05) is 19.8 Å². The monoisotopic (exact) mass is 232 g/mol. The molecule has 2 N–H and O–H groups in total. The summed E-state index contributed by atoms with van der Waals surface area (Å²) in [6.45, 7) is 5.25. The minimum atomic E-state index is -0.718. The fourth-order valence-corrected chi connectivity index (χ4v) is 1.78. The normalized spacial score (nSPS) is 13.3. The molecule has 0 amide bonds. The van der Waals surface area contributed by atoms with Crippen LogP contribution in [-0.2, 0) is 4.74 Å². The standard InChI is InChI=1S/C13H28O3/c1-3-12(4-2)8-6-5-7-9-16-11-13(15)10-14/h12-15H,3-11H2,1-2H3. The van der Waals surface area contributed by atoms with Crippen LogP contribution in [0.5, 0.6) is 0 Å². The lowest BCUT2D eigenvalue weighted by atomic mass is 9.96. The van der Waals surface area contributed by atoms with E-state index < -0.39 is 6.10 Å². The van der Waals surface area contributed by atoms with E-state index in [0.29, 0.717) is 6.61 Å². The SMILES string of the molecule is CCC(CC)CCCCCOCC(O)CO. The third kappa shape index (κ3) is 9.13. The number of ether oxygens (including phenoxy) is 1. The molecule has 0 radical (unpaired) electrons.